The van der Waals surface area contributed by atoms with E-state index in [0.717, 1.165) is 11.1 Å². The molecule has 26 heavy (non-hydrogen) atoms. The van der Waals surface area contributed by atoms with Crippen molar-refractivity contribution in [3.8, 4) is 6.07 Å². The number of aliphatic imine (C=N–C) groups is 2. The summed E-state index contributed by atoms with van der Waals surface area (Å²) >= 11 is 0. The number of hydrogen-bond acceptors (Lipinski definition) is 4. The molecule has 1 N–H and O–H groups in total. The second kappa shape index (κ2) is 10.3. The lowest BCUT2D eigenvalue weighted by atomic mass is 10.1. The van der Waals surface area contributed by atoms with Gasteiger partial charge in [-0.05, 0) is 17.7 Å². The third kappa shape index (κ3) is 6.51. The van der Waals surface area contributed by atoms with Crippen LogP contribution in [0.3, 0.4) is 0 Å². The predicted octanol–water partition coefficient (Wildman–Crippen LogP) is 4.06. The molecule has 2 aromatic carbocycles. The van der Waals surface area contributed by atoms with Gasteiger partial charge in [-0.2, -0.15) is 5.26 Å². The van der Waals surface area contributed by atoms with Gasteiger partial charge >= 0.3 is 0 Å². The lowest BCUT2D eigenvalue weighted by Gasteiger charge is -1.98. The van der Waals surface area contributed by atoms with E-state index in [0.29, 0.717) is 42.9 Å². The highest BCUT2D eigenvalue weighted by molar-refractivity contribution is 5.87. The van der Waals surface area contributed by atoms with Crippen molar-refractivity contribution in [2.75, 3.05) is 13.1 Å². The molecule has 0 atom stereocenters. The molecule has 5 nitrogen and oxygen atoms in total. The summed E-state index contributed by atoms with van der Waals surface area (Å²) in [5.74, 6) is 0. The molecule has 5 heteroatoms. The van der Waals surface area contributed by atoms with Crippen LogP contribution < -0.4 is 0 Å². The van der Waals surface area contributed by atoms with Crippen LogP contribution in [-0.4, -0.2) is 31.2 Å². The standard InChI is InChI=1S/C21H19N5/c1-24-21-7-3-5-18(13-21)9-11-26-16-20(23)15-25-10-8-17-4-2-6-19(12-17)14-22/h2-7,10-13,23H,8-9,15-16H2. The topological polar surface area (TPSA) is 76.7 Å². The molecule has 0 amide bonds. The summed E-state index contributed by atoms with van der Waals surface area (Å²) in [5.41, 5.74) is 3.77. The van der Waals surface area contributed by atoms with Crippen molar-refractivity contribution < 1.29 is 0 Å². The van der Waals surface area contributed by atoms with Crippen LogP contribution in [-0.2, 0) is 12.8 Å². The van der Waals surface area contributed by atoms with Crippen LogP contribution >= 0.6 is 0 Å². The van der Waals surface area contributed by atoms with Crippen LogP contribution in [0.1, 0.15) is 16.7 Å². The van der Waals surface area contributed by atoms with E-state index in [1.165, 1.54) is 0 Å². The summed E-state index contributed by atoms with van der Waals surface area (Å²) in [6, 6.07) is 17.0. The minimum atomic E-state index is 0.322. The van der Waals surface area contributed by atoms with E-state index in [-0.39, 0.29) is 0 Å². The SMILES string of the molecule is [C-]#[N+]c1cccc(CC=NCC(=N)CN=CCc2cccc(C#N)c2)c1. The zero-order valence-corrected chi connectivity index (χ0v) is 14.4. The first-order valence-electron chi connectivity index (χ1n) is 8.19. The first-order chi connectivity index (χ1) is 12.7. The Kier molecular flexibility index (Phi) is 7.45. The summed E-state index contributed by atoms with van der Waals surface area (Å²) in [6.07, 6.45) is 4.83. The molecule has 2 aromatic rings. The Balaban J connectivity index is 1.71. The molecule has 0 fully saturated rings. The first kappa shape index (κ1) is 18.8. The summed E-state index contributed by atoms with van der Waals surface area (Å²) in [7, 11) is 0. The van der Waals surface area contributed by atoms with E-state index >= 15 is 0 Å². The maximum atomic E-state index is 8.87. The van der Waals surface area contributed by atoms with E-state index in [4.69, 9.17) is 17.2 Å². The van der Waals surface area contributed by atoms with Gasteiger partial charge < -0.3 is 5.41 Å². The average Bonchev–Trinajstić information content (AvgIpc) is 2.69. The Morgan fingerprint density at radius 2 is 1.65 bits per heavy atom. The summed E-state index contributed by atoms with van der Waals surface area (Å²) in [6.45, 7) is 7.65. The van der Waals surface area contributed by atoms with Crippen LogP contribution in [0.4, 0.5) is 5.69 Å². The quantitative estimate of drug-likeness (QED) is 0.570. The highest BCUT2D eigenvalue weighted by Gasteiger charge is 1.96. The number of hydrogen-bond donors (Lipinski definition) is 1. The van der Waals surface area contributed by atoms with Gasteiger partial charge in [0.1, 0.15) is 0 Å². The lowest BCUT2D eigenvalue weighted by molar-refractivity contribution is 1.16. The van der Waals surface area contributed by atoms with Gasteiger partial charge in [0.25, 0.3) is 0 Å². The molecule has 128 valence electrons. The Labute approximate surface area is 153 Å². The zero-order chi connectivity index (χ0) is 18.6. The molecule has 2 rings (SSSR count). The van der Waals surface area contributed by atoms with Gasteiger partial charge in [0.2, 0.25) is 0 Å². The molecule has 0 aromatic heterocycles. The van der Waals surface area contributed by atoms with Crippen LogP contribution in [0.2, 0.25) is 0 Å². The maximum Gasteiger partial charge on any atom is 0.187 e. The van der Waals surface area contributed by atoms with Crippen molar-refractivity contribution in [2.45, 2.75) is 12.8 Å². The van der Waals surface area contributed by atoms with Crippen LogP contribution in [0, 0.1) is 23.3 Å². The predicted molar refractivity (Wildman–Crippen MR) is 106 cm³/mol. The maximum absolute atomic E-state index is 8.87. The molecule has 0 heterocycles. The Morgan fingerprint density at radius 1 is 1.04 bits per heavy atom. The largest absolute Gasteiger partial charge is 0.306 e. The van der Waals surface area contributed by atoms with Gasteiger partial charge in [0, 0.05) is 25.3 Å². The molecule has 0 radical (unpaired) electrons. The molecular formula is C21H19N5. The monoisotopic (exact) mass is 341 g/mol. The van der Waals surface area contributed by atoms with Crippen molar-refractivity contribution >= 4 is 23.8 Å². The molecule has 0 bridgehead atoms. The van der Waals surface area contributed by atoms with E-state index in [1.54, 1.807) is 24.6 Å². The molecule has 0 aliphatic heterocycles. The number of nitriles is 1. The van der Waals surface area contributed by atoms with Crippen molar-refractivity contribution in [3.63, 3.8) is 0 Å². The zero-order valence-electron chi connectivity index (χ0n) is 14.4. The highest BCUT2D eigenvalue weighted by atomic mass is 14.8. The van der Waals surface area contributed by atoms with E-state index in [1.807, 2.05) is 36.4 Å². The summed E-state index contributed by atoms with van der Waals surface area (Å²) < 4.78 is 0. The fraction of sp³-hybridized carbons (Fsp3) is 0.190. The molecular weight excluding hydrogens is 322 g/mol. The fourth-order valence-corrected chi connectivity index (χ4v) is 2.26. The molecule has 0 aliphatic rings. The Hall–Kier alpha value is -3.57. The van der Waals surface area contributed by atoms with E-state index < -0.39 is 0 Å². The van der Waals surface area contributed by atoms with E-state index in [9.17, 15) is 0 Å². The third-order valence-corrected chi connectivity index (χ3v) is 3.57. The van der Waals surface area contributed by atoms with Crippen molar-refractivity contribution in [1.29, 1.82) is 10.7 Å². The molecule has 0 saturated carbocycles. The van der Waals surface area contributed by atoms with Crippen LogP contribution in [0.25, 0.3) is 4.85 Å². The van der Waals surface area contributed by atoms with Crippen LogP contribution in [0.15, 0.2) is 58.5 Å². The van der Waals surface area contributed by atoms with Crippen LogP contribution in [0.5, 0.6) is 0 Å². The van der Waals surface area contributed by atoms with Gasteiger partial charge in [-0.3, -0.25) is 9.98 Å². The Bertz CT molecular complexity index is 824. The Morgan fingerprint density at radius 3 is 2.27 bits per heavy atom. The summed E-state index contributed by atoms with van der Waals surface area (Å²) in [5, 5.41) is 16.7. The molecule has 0 aliphatic carbocycles. The smallest absolute Gasteiger partial charge is 0.187 e. The second-order valence-electron chi connectivity index (χ2n) is 5.65. The molecule has 0 spiro atoms. The summed E-state index contributed by atoms with van der Waals surface area (Å²) in [4.78, 5) is 11.9. The van der Waals surface area contributed by atoms with Crippen molar-refractivity contribution in [2.24, 2.45) is 9.98 Å². The van der Waals surface area contributed by atoms with Gasteiger partial charge in [0.05, 0.1) is 37.0 Å². The molecule has 0 unspecified atom stereocenters. The highest BCUT2D eigenvalue weighted by Crippen LogP contribution is 2.13. The van der Waals surface area contributed by atoms with Gasteiger partial charge in [-0.25, -0.2) is 4.85 Å². The lowest BCUT2D eigenvalue weighted by Crippen LogP contribution is -2.06. The third-order valence-electron chi connectivity index (χ3n) is 3.57. The first-order valence-corrected chi connectivity index (χ1v) is 8.19. The van der Waals surface area contributed by atoms with Gasteiger partial charge in [-0.15, -0.1) is 0 Å². The molecule has 0 saturated heterocycles. The number of benzene rings is 2. The second-order valence-corrected chi connectivity index (χ2v) is 5.65. The van der Waals surface area contributed by atoms with Crippen molar-refractivity contribution in [3.05, 3.63) is 76.6 Å². The normalized spacial score (nSPS) is 10.7. The van der Waals surface area contributed by atoms with Crippen molar-refractivity contribution in [1.82, 2.24) is 0 Å². The number of rotatable bonds is 8. The van der Waals surface area contributed by atoms with Gasteiger partial charge in [0.15, 0.2) is 5.69 Å². The minimum Gasteiger partial charge on any atom is -0.306 e. The van der Waals surface area contributed by atoms with E-state index in [2.05, 4.69) is 20.9 Å². The number of nitrogens with one attached hydrogen (secondary N) is 1. The average molecular weight is 341 g/mol. The fourth-order valence-electron chi connectivity index (χ4n) is 2.26. The number of nitrogens with zero attached hydrogens (tertiary/aromatic N) is 4. The minimum absolute atomic E-state index is 0.322. The van der Waals surface area contributed by atoms with Gasteiger partial charge in [-0.1, -0.05) is 42.0 Å².